The average Bonchev–Trinajstić information content (AvgIpc) is 3.12. The summed E-state index contributed by atoms with van der Waals surface area (Å²) in [5.41, 5.74) is 2.87. The first-order valence-electron chi connectivity index (χ1n) is 10.6. The highest BCUT2D eigenvalue weighted by Gasteiger charge is 2.16. The lowest BCUT2D eigenvalue weighted by Gasteiger charge is -2.18. The van der Waals surface area contributed by atoms with Gasteiger partial charge in [0.2, 0.25) is 11.8 Å². The van der Waals surface area contributed by atoms with E-state index in [0.29, 0.717) is 25.2 Å². The normalized spacial score (nSPS) is 10.9. The molecule has 6 nitrogen and oxygen atoms in total. The molecule has 0 radical (unpaired) electrons. The van der Waals surface area contributed by atoms with E-state index < -0.39 is 0 Å². The van der Waals surface area contributed by atoms with Gasteiger partial charge in [-0.2, -0.15) is 0 Å². The van der Waals surface area contributed by atoms with Crippen LogP contribution in [0.4, 0.5) is 0 Å². The molecule has 0 bridgehead atoms. The largest absolute Gasteiger partial charge is 0.349 e. The maximum atomic E-state index is 12.7. The number of hydrogen-bond acceptors (Lipinski definition) is 3. The summed E-state index contributed by atoms with van der Waals surface area (Å²) in [6.07, 6.45) is 3.15. The summed E-state index contributed by atoms with van der Waals surface area (Å²) < 4.78 is 1.91. The number of fused-ring (bicyclic) bond motifs is 1. The van der Waals surface area contributed by atoms with E-state index in [1.54, 1.807) is 4.90 Å². The Morgan fingerprint density at radius 2 is 1.80 bits per heavy atom. The number of hydrogen-bond donors (Lipinski definition) is 1. The molecule has 0 unspecified atom stereocenters. The van der Waals surface area contributed by atoms with Gasteiger partial charge in [0.1, 0.15) is 12.4 Å². The Hall–Kier alpha value is -3.15. The topological polar surface area (TPSA) is 67.2 Å². The van der Waals surface area contributed by atoms with Gasteiger partial charge in [0.15, 0.2) is 0 Å². The van der Waals surface area contributed by atoms with E-state index >= 15 is 0 Å². The van der Waals surface area contributed by atoms with Gasteiger partial charge in [-0.15, -0.1) is 0 Å². The molecular weight excluding hydrogens is 376 g/mol. The monoisotopic (exact) mass is 406 g/mol. The number of likely N-dealkylation sites (N-methyl/N-ethyl adjacent to an activating group) is 1. The molecule has 1 aromatic heterocycles. The smallest absolute Gasteiger partial charge is 0.242 e. The molecule has 0 saturated carbocycles. The minimum absolute atomic E-state index is 0.0242. The standard InChI is InChI=1S/C24H30N4O2/c1-3-4-16-27(2)24(30)18-28-21-13-9-8-12-20(21)26-22(28)17-25-23(29)15-14-19-10-6-5-7-11-19/h5-13H,3-4,14-18H2,1-2H3,(H,25,29). The molecule has 30 heavy (non-hydrogen) atoms. The zero-order valence-electron chi connectivity index (χ0n) is 17.8. The number of nitrogens with one attached hydrogen (secondary N) is 1. The Morgan fingerprint density at radius 3 is 2.57 bits per heavy atom. The summed E-state index contributed by atoms with van der Waals surface area (Å²) in [7, 11) is 1.84. The third-order valence-electron chi connectivity index (χ3n) is 5.23. The van der Waals surface area contributed by atoms with Crippen LogP contribution >= 0.6 is 0 Å². The van der Waals surface area contributed by atoms with Crippen LogP contribution in [0.25, 0.3) is 11.0 Å². The summed E-state index contributed by atoms with van der Waals surface area (Å²) in [5.74, 6) is 0.716. The SMILES string of the molecule is CCCCN(C)C(=O)Cn1c(CNC(=O)CCc2ccccc2)nc2ccccc21. The van der Waals surface area contributed by atoms with Gasteiger partial charge >= 0.3 is 0 Å². The Labute approximate surface area is 177 Å². The predicted octanol–water partition coefficient (Wildman–Crippen LogP) is 3.54. The number of nitrogens with zero attached hydrogens (tertiary/aromatic N) is 3. The lowest BCUT2D eigenvalue weighted by atomic mass is 10.1. The number of carbonyl (C=O) groups is 2. The van der Waals surface area contributed by atoms with Gasteiger partial charge < -0.3 is 14.8 Å². The average molecular weight is 407 g/mol. The number of benzene rings is 2. The number of unbranched alkanes of at least 4 members (excludes halogenated alkanes) is 1. The van der Waals surface area contributed by atoms with E-state index in [4.69, 9.17) is 0 Å². The quantitative estimate of drug-likeness (QED) is 0.560. The molecule has 0 fully saturated rings. The highest BCUT2D eigenvalue weighted by atomic mass is 16.2. The van der Waals surface area contributed by atoms with Crippen LogP contribution in [0.15, 0.2) is 54.6 Å². The van der Waals surface area contributed by atoms with Crippen molar-refractivity contribution in [1.82, 2.24) is 19.8 Å². The molecule has 0 atom stereocenters. The summed E-state index contributed by atoms with van der Waals surface area (Å²) in [6, 6.07) is 17.7. The summed E-state index contributed by atoms with van der Waals surface area (Å²) >= 11 is 0. The van der Waals surface area contributed by atoms with Crippen molar-refractivity contribution in [3.05, 3.63) is 66.0 Å². The fourth-order valence-electron chi connectivity index (χ4n) is 3.38. The minimum atomic E-state index is -0.0242. The maximum Gasteiger partial charge on any atom is 0.242 e. The zero-order chi connectivity index (χ0) is 21.3. The Kier molecular flexibility index (Phi) is 7.60. The predicted molar refractivity (Wildman–Crippen MR) is 119 cm³/mol. The number of imidazole rings is 1. The Balaban J connectivity index is 1.66. The van der Waals surface area contributed by atoms with Crippen molar-refractivity contribution in [2.24, 2.45) is 0 Å². The van der Waals surface area contributed by atoms with Crippen LogP contribution in [0.3, 0.4) is 0 Å². The number of amides is 2. The molecule has 3 rings (SSSR count). The summed E-state index contributed by atoms with van der Waals surface area (Å²) in [5, 5.41) is 2.96. The van der Waals surface area contributed by atoms with Gasteiger partial charge in [-0.3, -0.25) is 9.59 Å². The van der Waals surface area contributed by atoms with Crippen LogP contribution in [0.1, 0.15) is 37.6 Å². The van der Waals surface area contributed by atoms with E-state index in [0.717, 1.165) is 36.0 Å². The number of aromatic nitrogens is 2. The third kappa shape index (κ3) is 5.69. The first-order valence-corrected chi connectivity index (χ1v) is 10.6. The molecular formula is C24H30N4O2. The van der Waals surface area contributed by atoms with Crippen LogP contribution in [-0.4, -0.2) is 39.9 Å². The van der Waals surface area contributed by atoms with Crippen molar-refractivity contribution in [2.45, 2.75) is 45.7 Å². The second-order valence-corrected chi connectivity index (χ2v) is 7.53. The van der Waals surface area contributed by atoms with Gasteiger partial charge in [0.25, 0.3) is 0 Å². The van der Waals surface area contributed by atoms with Crippen LogP contribution in [0.2, 0.25) is 0 Å². The summed E-state index contributed by atoms with van der Waals surface area (Å²) in [4.78, 5) is 31.5. The van der Waals surface area contributed by atoms with E-state index in [2.05, 4.69) is 17.2 Å². The molecule has 2 aromatic carbocycles. The first kappa shape index (κ1) is 21.6. The fourth-order valence-corrected chi connectivity index (χ4v) is 3.38. The Morgan fingerprint density at radius 1 is 1.07 bits per heavy atom. The summed E-state index contributed by atoms with van der Waals surface area (Å²) in [6.45, 7) is 3.37. The van der Waals surface area contributed by atoms with Gasteiger partial charge in [0.05, 0.1) is 17.6 Å². The second kappa shape index (κ2) is 10.6. The third-order valence-corrected chi connectivity index (χ3v) is 5.23. The van der Waals surface area contributed by atoms with Crippen molar-refractivity contribution in [3.8, 4) is 0 Å². The van der Waals surface area contributed by atoms with Gasteiger partial charge in [-0.1, -0.05) is 55.8 Å². The Bertz CT molecular complexity index is 981. The van der Waals surface area contributed by atoms with Crippen molar-refractivity contribution in [2.75, 3.05) is 13.6 Å². The molecule has 6 heteroatoms. The van der Waals surface area contributed by atoms with Crippen LogP contribution in [-0.2, 0) is 29.1 Å². The molecule has 3 aromatic rings. The lowest BCUT2D eigenvalue weighted by molar-refractivity contribution is -0.130. The second-order valence-electron chi connectivity index (χ2n) is 7.53. The van der Waals surface area contributed by atoms with Gasteiger partial charge in [0, 0.05) is 20.0 Å². The molecule has 2 amide bonds. The van der Waals surface area contributed by atoms with E-state index in [1.165, 1.54) is 0 Å². The molecule has 0 aliphatic heterocycles. The van der Waals surface area contributed by atoms with E-state index in [9.17, 15) is 9.59 Å². The highest BCUT2D eigenvalue weighted by molar-refractivity contribution is 5.81. The molecule has 0 aliphatic rings. The van der Waals surface area contributed by atoms with Crippen LogP contribution < -0.4 is 5.32 Å². The molecule has 0 spiro atoms. The number of aryl methyl sites for hydroxylation is 1. The molecule has 1 N–H and O–H groups in total. The van der Waals surface area contributed by atoms with Crippen molar-refractivity contribution in [1.29, 1.82) is 0 Å². The van der Waals surface area contributed by atoms with Crippen molar-refractivity contribution in [3.63, 3.8) is 0 Å². The van der Waals surface area contributed by atoms with E-state index in [1.807, 2.05) is 66.2 Å². The molecule has 1 heterocycles. The maximum absolute atomic E-state index is 12.7. The zero-order valence-corrected chi connectivity index (χ0v) is 17.8. The van der Waals surface area contributed by atoms with Crippen LogP contribution in [0.5, 0.6) is 0 Å². The van der Waals surface area contributed by atoms with Crippen LogP contribution in [0, 0.1) is 0 Å². The first-order chi connectivity index (χ1) is 14.6. The molecule has 158 valence electrons. The van der Waals surface area contributed by atoms with Crippen molar-refractivity contribution < 1.29 is 9.59 Å². The van der Waals surface area contributed by atoms with Gasteiger partial charge in [-0.05, 0) is 30.5 Å². The van der Waals surface area contributed by atoms with E-state index in [-0.39, 0.29) is 18.4 Å². The lowest BCUT2D eigenvalue weighted by Crippen LogP contribution is -2.32. The molecule has 0 saturated heterocycles. The number of para-hydroxylation sites is 2. The fraction of sp³-hybridized carbons (Fsp3) is 0.375. The van der Waals surface area contributed by atoms with Crippen molar-refractivity contribution >= 4 is 22.8 Å². The van der Waals surface area contributed by atoms with Gasteiger partial charge in [-0.25, -0.2) is 4.98 Å². The molecule has 0 aliphatic carbocycles. The minimum Gasteiger partial charge on any atom is -0.349 e. The highest BCUT2D eigenvalue weighted by Crippen LogP contribution is 2.16. The number of rotatable bonds is 10. The number of carbonyl (C=O) groups excluding carboxylic acids is 2.